The monoisotopic (exact) mass is 866 g/mol. The second-order valence-electron chi connectivity index (χ2n) is 13.6. The second kappa shape index (κ2) is 15.4. The van der Waals surface area contributed by atoms with Crippen LogP contribution >= 0.6 is 11.3 Å². The van der Waals surface area contributed by atoms with Crippen LogP contribution in [0.4, 0.5) is 4.39 Å². The number of aliphatic hydroxyl groups excluding tert-OH is 1. The van der Waals surface area contributed by atoms with E-state index < -0.39 is 25.7 Å². The summed E-state index contributed by atoms with van der Waals surface area (Å²) in [4.78, 5) is 20.0. The molecule has 2 heterocycles. The summed E-state index contributed by atoms with van der Waals surface area (Å²) < 4.78 is 15.7. The molecule has 5 aromatic rings. The van der Waals surface area contributed by atoms with Gasteiger partial charge in [0.2, 0.25) is 0 Å². The van der Waals surface area contributed by atoms with Gasteiger partial charge >= 0.3 is 198 Å². The molecule has 0 aliphatic heterocycles. The fraction of sp³-hybridized carbons (Fsp3) is 0.378. The van der Waals surface area contributed by atoms with E-state index in [0.717, 1.165) is 46.8 Å². The molecule has 0 aliphatic carbocycles. The summed E-state index contributed by atoms with van der Waals surface area (Å²) >= 11 is -0.291. The van der Waals surface area contributed by atoms with Gasteiger partial charge in [-0.2, -0.15) is 0 Å². The number of hydrogen-bond acceptors (Lipinski definition) is 5. The number of carbonyl (C=O) groups is 1. The van der Waals surface area contributed by atoms with Crippen molar-refractivity contribution in [1.82, 2.24) is 9.97 Å². The van der Waals surface area contributed by atoms with E-state index >= 15 is 0 Å². The average Bonchev–Trinajstić information content (AvgIpc) is 3.34. The molecule has 241 valence electrons. The minimum absolute atomic E-state index is 0. The van der Waals surface area contributed by atoms with Gasteiger partial charge in [0.15, 0.2) is 12.5 Å². The van der Waals surface area contributed by atoms with Gasteiger partial charge in [0.05, 0.1) is 5.76 Å². The molecule has 1 N–H and O–H groups in total. The first-order chi connectivity index (χ1) is 20.7. The fourth-order valence-corrected chi connectivity index (χ4v) is 10.1. The Kier molecular flexibility index (Phi) is 12.7. The third-order valence-corrected chi connectivity index (χ3v) is 13.1. The Morgan fingerprint density at radius 3 is 2.36 bits per heavy atom. The van der Waals surface area contributed by atoms with Crippen LogP contribution in [-0.2, 0) is 31.3 Å². The number of alkyl halides is 1. The number of aromatic nitrogens is 2. The number of nitrogens with zero attached hydrogens (tertiary/aromatic N) is 2. The predicted octanol–water partition coefficient (Wildman–Crippen LogP) is 10.00. The standard InChI is InChI=1S/C28H29GeN2S.C9H15FO2.Ir/c1-28(2,3)16-18-11-12-22-24(13-18)32-27-25(30-17-31-26(22)27)20-14-19-9-7-8-10-21(19)23(15-20)29(4,5)6;1-3-7(4-2)9(12)5-8(11)6-10;/h7-13,15,17H,16H2,1-6H3;5,7,12H,3-4,6H2,1-2H3;/q-1;;/b;9-5-;. The summed E-state index contributed by atoms with van der Waals surface area (Å²) in [5.74, 6) is 6.69. The Hall–Kier alpha value is -2.45. The van der Waals surface area contributed by atoms with E-state index in [1.807, 2.05) is 25.2 Å². The Balaban J connectivity index is 0.000000365. The number of carbonyl (C=O) groups excluding carboxylic acids is 1. The normalized spacial score (nSPS) is 12.4. The molecule has 0 saturated carbocycles. The number of thiophene rings is 1. The molecule has 0 aliphatic rings. The molecule has 1 radical (unpaired) electrons. The first-order valence-electron chi connectivity index (χ1n) is 15.4. The number of rotatable bonds is 8. The van der Waals surface area contributed by atoms with Gasteiger partial charge in [0.1, 0.15) is 0 Å². The molecule has 0 fully saturated rings. The number of allylic oxidation sites excluding steroid dienone is 2. The summed E-state index contributed by atoms with van der Waals surface area (Å²) in [7, 11) is 0. The molecular weight excluding hydrogens is 820 g/mol. The summed E-state index contributed by atoms with van der Waals surface area (Å²) in [6.07, 6.45) is 5.29. The van der Waals surface area contributed by atoms with Crippen LogP contribution in [0.15, 0.2) is 66.7 Å². The number of fused-ring (bicyclic) bond motifs is 4. The summed E-state index contributed by atoms with van der Waals surface area (Å²) in [6, 6.07) is 21.6. The zero-order chi connectivity index (χ0) is 32.2. The summed E-state index contributed by atoms with van der Waals surface area (Å²) in [5, 5.41) is 13.0. The Labute approximate surface area is 287 Å². The minimum atomic E-state index is -2.10. The number of aliphatic hydroxyl groups is 1. The topological polar surface area (TPSA) is 63.1 Å². The van der Waals surface area contributed by atoms with Gasteiger partial charge in [-0.25, -0.2) is 4.39 Å². The molecule has 2 aromatic heterocycles. The molecule has 4 nitrogen and oxygen atoms in total. The van der Waals surface area contributed by atoms with Gasteiger partial charge in [-0.3, -0.25) is 4.79 Å². The maximum absolute atomic E-state index is 11.7. The van der Waals surface area contributed by atoms with Crippen LogP contribution in [0.5, 0.6) is 0 Å². The van der Waals surface area contributed by atoms with Crippen LogP contribution in [-0.4, -0.2) is 40.8 Å². The smallest absolute Gasteiger partial charge is 0.189 e. The van der Waals surface area contributed by atoms with E-state index in [2.05, 4.69) is 92.6 Å². The van der Waals surface area contributed by atoms with Crippen molar-refractivity contribution in [2.75, 3.05) is 6.67 Å². The van der Waals surface area contributed by atoms with Gasteiger partial charge < -0.3 is 5.11 Å². The van der Waals surface area contributed by atoms with Gasteiger partial charge in [-0.15, -0.1) is 0 Å². The van der Waals surface area contributed by atoms with E-state index in [0.29, 0.717) is 0 Å². The van der Waals surface area contributed by atoms with Crippen LogP contribution < -0.4 is 4.40 Å². The summed E-state index contributed by atoms with van der Waals surface area (Å²) in [5.41, 5.74) is 4.80. The SMILES string of the molecule is CC(C)(C)Cc1ccc2c(c1)sc1c(-c3[c-]c4ccccc4[c]([Ge]([CH3])([CH3])[CH3])c3)ncnc12.CCC(CC)/C(O)=C/C(=O)CF.[Ir]. The van der Waals surface area contributed by atoms with Crippen LogP contribution in [0.25, 0.3) is 42.3 Å². The third kappa shape index (κ3) is 9.09. The van der Waals surface area contributed by atoms with Crippen molar-refractivity contribution < 1.29 is 34.4 Å². The maximum Gasteiger partial charge on any atom is 0.189 e. The number of benzene rings is 3. The van der Waals surface area contributed by atoms with Crippen molar-refractivity contribution >= 4 is 65.9 Å². The van der Waals surface area contributed by atoms with Crippen molar-refractivity contribution in [1.29, 1.82) is 0 Å². The van der Waals surface area contributed by atoms with Crippen molar-refractivity contribution in [2.24, 2.45) is 11.3 Å². The molecular formula is C37H44FGeIrN2O2S-. The van der Waals surface area contributed by atoms with Crippen molar-refractivity contribution in [3.63, 3.8) is 0 Å². The number of halogens is 1. The Bertz CT molecular complexity index is 1820. The van der Waals surface area contributed by atoms with Gasteiger partial charge in [-0.1, -0.05) is 13.8 Å². The molecule has 45 heavy (non-hydrogen) atoms. The third-order valence-electron chi connectivity index (χ3n) is 7.73. The van der Waals surface area contributed by atoms with E-state index in [9.17, 15) is 14.3 Å². The maximum atomic E-state index is 11.7. The van der Waals surface area contributed by atoms with E-state index in [-0.39, 0.29) is 37.2 Å². The molecule has 0 spiro atoms. The van der Waals surface area contributed by atoms with Crippen molar-refractivity contribution in [2.45, 2.75) is 71.1 Å². The molecule has 0 unspecified atom stereocenters. The molecule has 0 atom stereocenters. The molecule has 5 rings (SSSR count). The predicted molar refractivity (Wildman–Crippen MR) is 189 cm³/mol. The molecule has 3 aromatic carbocycles. The number of hydrogen-bond donors (Lipinski definition) is 1. The quantitative estimate of drug-likeness (QED) is 0.0731. The van der Waals surface area contributed by atoms with E-state index in [1.165, 1.54) is 30.8 Å². The zero-order valence-electron chi connectivity index (χ0n) is 27.5. The second-order valence-corrected chi connectivity index (χ2v) is 25.3. The zero-order valence-corrected chi connectivity index (χ0v) is 32.9. The molecule has 0 bridgehead atoms. The van der Waals surface area contributed by atoms with Crippen LogP contribution in [0.1, 0.15) is 53.0 Å². The molecule has 0 saturated heterocycles. The minimum Gasteiger partial charge on any atom is -0.512 e. The summed E-state index contributed by atoms with van der Waals surface area (Å²) in [6.45, 7) is 9.66. The number of ketones is 1. The van der Waals surface area contributed by atoms with Gasteiger partial charge in [0.25, 0.3) is 0 Å². The first kappa shape index (κ1) is 37.0. The Morgan fingerprint density at radius 1 is 1.04 bits per heavy atom. The van der Waals surface area contributed by atoms with Crippen molar-refractivity contribution in [3.8, 4) is 11.3 Å². The van der Waals surface area contributed by atoms with E-state index in [4.69, 9.17) is 9.97 Å². The van der Waals surface area contributed by atoms with Gasteiger partial charge in [0, 0.05) is 32.1 Å². The molecule has 8 heteroatoms. The van der Waals surface area contributed by atoms with Crippen LogP contribution in [0.3, 0.4) is 0 Å². The van der Waals surface area contributed by atoms with E-state index in [1.54, 1.807) is 6.33 Å². The Morgan fingerprint density at radius 2 is 1.73 bits per heavy atom. The van der Waals surface area contributed by atoms with Crippen molar-refractivity contribution in [3.05, 3.63) is 78.3 Å². The largest absolute Gasteiger partial charge is 0.512 e. The average molecular weight is 865 g/mol. The molecule has 0 amide bonds. The van der Waals surface area contributed by atoms with Crippen LogP contribution in [0, 0.1) is 17.4 Å². The van der Waals surface area contributed by atoms with Gasteiger partial charge in [-0.05, 0) is 12.8 Å². The van der Waals surface area contributed by atoms with Crippen LogP contribution in [0.2, 0.25) is 17.3 Å². The fourth-order valence-electron chi connectivity index (χ4n) is 5.54. The first-order valence-corrected chi connectivity index (χ1v) is 23.5.